The summed E-state index contributed by atoms with van der Waals surface area (Å²) < 4.78 is 5.39. The van der Waals surface area contributed by atoms with Crippen molar-refractivity contribution in [2.75, 3.05) is 13.2 Å². The van der Waals surface area contributed by atoms with Crippen LogP contribution in [0.5, 0.6) is 0 Å². The Kier molecular flexibility index (Phi) is 7.76. The highest BCUT2D eigenvalue weighted by molar-refractivity contribution is 7.81. The van der Waals surface area contributed by atoms with Crippen molar-refractivity contribution in [3.63, 3.8) is 0 Å². The largest absolute Gasteiger partial charge is 0.379 e. The molecule has 0 aromatic carbocycles. The first-order valence-electron chi connectivity index (χ1n) is 4.14. The van der Waals surface area contributed by atoms with Gasteiger partial charge >= 0.3 is 0 Å². The zero-order chi connectivity index (χ0) is 8.69. The van der Waals surface area contributed by atoms with E-state index in [1.807, 2.05) is 0 Å². The van der Waals surface area contributed by atoms with Crippen molar-refractivity contribution in [1.82, 2.24) is 0 Å². The first-order chi connectivity index (χ1) is 5.20. The highest BCUT2D eigenvalue weighted by atomic mass is 32.1. The lowest BCUT2D eigenvalue weighted by Crippen LogP contribution is -2.14. The van der Waals surface area contributed by atoms with Crippen LogP contribution in [0.15, 0.2) is 0 Å². The fourth-order valence-corrected chi connectivity index (χ4v) is 0.787. The van der Waals surface area contributed by atoms with Crippen LogP contribution in [0.1, 0.15) is 26.7 Å². The van der Waals surface area contributed by atoms with Gasteiger partial charge in [0, 0.05) is 10.5 Å². The van der Waals surface area contributed by atoms with Crippen molar-refractivity contribution in [2.45, 2.75) is 37.2 Å². The Morgan fingerprint density at radius 2 is 1.36 bits per heavy atom. The maximum Gasteiger partial charge on any atom is 0.0582 e. The van der Waals surface area contributed by atoms with E-state index in [1.165, 1.54) is 0 Å². The predicted molar refractivity (Wildman–Crippen MR) is 56.9 cm³/mol. The number of rotatable bonds is 6. The molecule has 0 fully saturated rings. The molecule has 0 radical (unpaired) electrons. The quantitative estimate of drug-likeness (QED) is 0.618. The minimum absolute atomic E-state index is 0.382. The summed E-state index contributed by atoms with van der Waals surface area (Å²) in [5, 5.41) is 0.764. The smallest absolute Gasteiger partial charge is 0.0582 e. The zero-order valence-corrected chi connectivity index (χ0v) is 9.07. The van der Waals surface area contributed by atoms with Gasteiger partial charge in [-0.05, 0) is 12.8 Å². The third kappa shape index (κ3) is 7.04. The molecule has 0 aromatic heterocycles. The van der Waals surface area contributed by atoms with Crippen LogP contribution in [-0.4, -0.2) is 23.7 Å². The molecule has 0 aromatic rings. The van der Waals surface area contributed by atoms with Gasteiger partial charge in [0.05, 0.1) is 13.2 Å². The van der Waals surface area contributed by atoms with Crippen LogP contribution in [-0.2, 0) is 4.74 Å². The molecule has 0 saturated carbocycles. The monoisotopic (exact) mass is 194 g/mol. The average molecular weight is 194 g/mol. The minimum Gasteiger partial charge on any atom is -0.379 e. The van der Waals surface area contributed by atoms with E-state index in [-0.39, 0.29) is 0 Å². The average Bonchev–Trinajstić information content (AvgIpc) is 2.04. The maximum absolute atomic E-state index is 5.39. The molecule has 11 heavy (non-hydrogen) atoms. The summed E-state index contributed by atoms with van der Waals surface area (Å²) in [6.07, 6.45) is 2.12. The minimum atomic E-state index is 0.382. The van der Waals surface area contributed by atoms with Crippen LogP contribution < -0.4 is 0 Å². The van der Waals surface area contributed by atoms with Crippen LogP contribution >= 0.6 is 25.3 Å². The van der Waals surface area contributed by atoms with E-state index in [1.54, 1.807) is 0 Å². The van der Waals surface area contributed by atoms with Gasteiger partial charge in [-0.3, -0.25) is 0 Å². The van der Waals surface area contributed by atoms with E-state index >= 15 is 0 Å². The van der Waals surface area contributed by atoms with Crippen molar-refractivity contribution in [2.24, 2.45) is 0 Å². The molecular formula is C8H18OS2. The van der Waals surface area contributed by atoms with Gasteiger partial charge in [-0.1, -0.05) is 13.8 Å². The Labute approximate surface area is 80.7 Å². The molecule has 2 atom stereocenters. The number of hydrogen-bond acceptors (Lipinski definition) is 3. The van der Waals surface area contributed by atoms with Crippen LogP contribution in [0.25, 0.3) is 0 Å². The van der Waals surface area contributed by atoms with Gasteiger partial charge in [0.25, 0.3) is 0 Å². The van der Waals surface area contributed by atoms with E-state index in [2.05, 4.69) is 39.1 Å². The molecule has 0 aliphatic rings. The Morgan fingerprint density at radius 3 is 1.64 bits per heavy atom. The number of hydrogen-bond donors (Lipinski definition) is 2. The summed E-state index contributed by atoms with van der Waals surface area (Å²) in [5.74, 6) is 0. The molecule has 1 nitrogen and oxygen atoms in total. The molecule has 0 aliphatic heterocycles. The van der Waals surface area contributed by atoms with Gasteiger partial charge < -0.3 is 4.74 Å². The van der Waals surface area contributed by atoms with Gasteiger partial charge in [-0.2, -0.15) is 25.3 Å². The normalized spacial score (nSPS) is 16.4. The molecular weight excluding hydrogens is 176 g/mol. The molecule has 0 heterocycles. The SMILES string of the molecule is CCC(S)COCC(S)CC. The van der Waals surface area contributed by atoms with Gasteiger partial charge in [0.1, 0.15) is 0 Å². The van der Waals surface area contributed by atoms with Crippen LogP contribution in [0, 0.1) is 0 Å². The summed E-state index contributed by atoms with van der Waals surface area (Å²) in [6.45, 7) is 5.71. The third-order valence-electron chi connectivity index (χ3n) is 1.56. The second-order valence-electron chi connectivity index (χ2n) is 2.66. The Morgan fingerprint density at radius 1 is 1.00 bits per heavy atom. The van der Waals surface area contributed by atoms with E-state index in [0.717, 1.165) is 26.1 Å². The van der Waals surface area contributed by atoms with Gasteiger partial charge in [0.2, 0.25) is 0 Å². The first-order valence-corrected chi connectivity index (χ1v) is 5.17. The van der Waals surface area contributed by atoms with Crippen molar-refractivity contribution in [1.29, 1.82) is 0 Å². The topological polar surface area (TPSA) is 9.23 Å². The van der Waals surface area contributed by atoms with Gasteiger partial charge in [-0.15, -0.1) is 0 Å². The van der Waals surface area contributed by atoms with E-state index in [4.69, 9.17) is 4.74 Å². The van der Waals surface area contributed by atoms with Gasteiger partial charge in [-0.25, -0.2) is 0 Å². The molecule has 0 aliphatic carbocycles. The molecule has 0 bridgehead atoms. The Bertz CT molecular complexity index is 78.2. The maximum atomic E-state index is 5.39. The van der Waals surface area contributed by atoms with E-state index < -0.39 is 0 Å². The first kappa shape index (κ1) is 11.7. The second-order valence-corrected chi connectivity index (χ2v) is 4.12. The van der Waals surface area contributed by atoms with Crippen LogP contribution in [0.2, 0.25) is 0 Å². The second kappa shape index (κ2) is 7.32. The summed E-state index contributed by atoms with van der Waals surface area (Å²) in [7, 11) is 0. The lowest BCUT2D eigenvalue weighted by atomic mass is 10.3. The highest BCUT2D eigenvalue weighted by Gasteiger charge is 2.02. The van der Waals surface area contributed by atoms with E-state index in [9.17, 15) is 0 Å². The van der Waals surface area contributed by atoms with Crippen molar-refractivity contribution < 1.29 is 4.74 Å². The lowest BCUT2D eigenvalue weighted by molar-refractivity contribution is 0.135. The fraction of sp³-hybridized carbons (Fsp3) is 1.00. The molecule has 0 rings (SSSR count). The standard InChI is InChI=1S/C8H18OS2/c1-3-7(10)5-9-6-8(11)4-2/h7-8,10-11H,3-6H2,1-2H3. The summed E-state index contributed by atoms with van der Waals surface area (Å²) >= 11 is 8.62. The molecule has 3 heteroatoms. The molecule has 2 unspecified atom stereocenters. The summed E-state index contributed by atoms with van der Waals surface area (Å²) in [6, 6.07) is 0. The van der Waals surface area contributed by atoms with Crippen LogP contribution in [0.4, 0.5) is 0 Å². The van der Waals surface area contributed by atoms with Crippen molar-refractivity contribution in [3.8, 4) is 0 Å². The number of thiol groups is 2. The molecule has 0 spiro atoms. The molecule has 0 saturated heterocycles. The molecule has 68 valence electrons. The number of ether oxygens (including phenoxy) is 1. The van der Waals surface area contributed by atoms with E-state index in [0.29, 0.717) is 10.5 Å². The predicted octanol–water partition coefficient (Wildman–Crippen LogP) is 2.42. The fourth-order valence-electron chi connectivity index (χ4n) is 0.576. The van der Waals surface area contributed by atoms with Crippen molar-refractivity contribution >= 4 is 25.3 Å². The Balaban J connectivity index is 3.13. The van der Waals surface area contributed by atoms with Crippen molar-refractivity contribution in [3.05, 3.63) is 0 Å². The van der Waals surface area contributed by atoms with Gasteiger partial charge in [0.15, 0.2) is 0 Å². The summed E-state index contributed by atoms with van der Waals surface area (Å²) in [5.41, 5.74) is 0. The zero-order valence-electron chi connectivity index (χ0n) is 7.29. The Hall–Kier alpha value is 0.660. The summed E-state index contributed by atoms with van der Waals surface area (Å²) in [4.78, 5) is 0. The molecule has 0 amide bonds. The lowest BCUT2D eigenvalue weighted by Gasteiger charge is -2.11. The molecule has 0 N–H and O–H groups in total. The highest BCUT2D eigenvalue weighted by Crippen LogP contribution is 2.04. The van der Waals surface area contributed by atoms with Crippen LogP contribution in [0.3, 0.4) is 0 Å². The third-order valence-corrected chi connectivity index (χ3v) is 2.59.